The fourth-order valence-corrected chi connectivity index (χ4v) is 2.19. The van der Waals surface area contributed by atoms with Gasteiger partial charge in [0, 0.05) is 13.1 Å². The number of morpholine rings is 1. The molecule has 0 aromatic carbocycles. The summed E-state index contributed by atoms with van der Waals surface area (Å²) in [5.74, 6) is 0. The number of nitrogens with zero attached hydrogens (tertiary/aromatic N) is 1. The average molecular weight is 290 g/mol. The van der Waals surface area contributed by atoms with E-state index in [1.807, 2.05) is 27.7 Å². The summed E-state index contributed by atoms with van der Waals surface area (Å²) in [6, 6.07) is 0. The molecule has 1 N–H and O–H groups in total. The second kappa shape index (κ2) is 18.9. The van der Waals surface area contributed by atoms with Gasteiger partial charge in [-0.1, -0.05) is 53.9 Å². The number of rotatable bonds is 8. The monoisotopic (exact) mass is 289 g/mol. The molecule has 1 fully saturated rings. The summed E-state index contributed by atoms with van der Waals surface area (Å²) in [6.07, 6.45) is 6.66. The minimum Gasteiger partial charge on any atom is -0.393 e. The molecular formula is C17H39NO2. The highest BCUT2D eigenvalue weighted by Crippen LogP contribution is 2.09. The lowest BCUT2D eigenvalue weighted by Gasteiger charge is -2.26. The molecule has 0 amide bonds. The number of hydrogen-bond acceptors (Lipinski definition) is 3. The van der Waals surface area contributed by atoms with Crippen LogP contribution in [0, 0.1) is 0 Å². The molecule has 0 aromatic rings. The normalized spacial score (nSPS) is 16.5. The highest BCUT2D eigenvalue weighted by Gasteiger charge is 2.09. The van der Waals surface area contributed by atoms with E-state index in [0.29, 0.717) is 0 Å². The highest BCUT2D eigenvalue weighted by molar-refractivity contribution is 4.62. The maximum atomic E-state index is 9.57. The maximum Gasteiger partial charge on any atom is 0.0594 e. The predicted molar refractivity (Wildman–Crippen MR) is 89.3 cm³/mol. The molecule has 1 rings (SSSR count). The summed E-state index contributed by atoms with van der Waals surface area (Å²) in [5, 5.41) is 9.57. The Morgan fingerprint density at radius 3 is 2.10 bits per heavy atom. The summed E-state index contributed by atoms with van der Waals surface area (Å²) in [6.45, 7) is 15.3. The molecule has 0 saturated carbocycles. The fraction of sp³-hybridized carbons (Fsp3) is 1.00. The summed E-state index contributed by atoms with van der Waals surface area (Å²) < 4.78 is 5.31. The Kier molecular flexibility index (Phi) is 20.9. The van der Waals surface area contributed by atoms with Crippen LogP contribution in [0.25, 0.3) is 0 Å². The van der Waals surface area contributed by atoms with Crippen molar-refractivity contribution in [3.8, 4) is 0 Å². The van der Waals surface area contributed by atoms with Gasteiger partial charge in [0.15, 0.2) is 0 Å². The Balaban J connectivity index is 0. The summed E-state index contributed by atoms with van der Waals surface area (Å²) in [5.41, 5.74) is 0. The molecule has 3 nitrogen and oxygen atoms in total. The van der Waals surface area contributed by atoms with Crippen molar-refractivity contribution < 1.29 is 9.84 Å². The Bertz CT molecular complexity index is 159. The Hall–Kier alpha value is -0.120. The molecule has 1 heterocycles. The standard InChI is InChI=1S/C13H27NO2.2C2H6/c1-2-6-13(15)7-4-3-5-8-14-9-11-16-12-10-14;2*1-2/h13,15H,2-12H2,1H3;2*1-2H3. The van der Waals surface area contributed by atoms with E-state index in [2.05, 4.69) is 11.8 Å². The molecule has 0 radical (unpaired) electrons. The van der Waals surface area contributed by atoms with Gasteiger partial charge in [-0.05, 0) is 25.8 Å². The van der Waals surface area contributed by atoms with Crippen LogP contribution in [-0.2, 0) is 4.74 Å². The van der Waals surface area contributed by atoms with Gasteiger partial charge in [-0.3, -0.25) is 4.90 Å². The molecule has 0 bridgehead atoms. The Morgan fingerprint density at radius 2 is 1.55 bits per heavy atom. The minimum absolute atomic E-state index is 0.0617. The fourth-order valence-electron chi connectivity index (χ4n) is 2.19. The zero-order valence-corrected chi connectivity index (χ0v) is 14.7. The molecule has 1 atom stereocenters. The van der Waals surface area contributed by atoms with Gasteiger partial charge in [-0.25, -0.2) is 0 Å². The van der Waals surface area contributed by atoms with Crippen LogP contribution in [0.2, 0.25) is 0 Å². The minimum atomic E-state index is -0.0617. The van der Waals surface area contributed by atoms with Crippen LogP contribution in [-0.4, -0.2) is 49.0 Å². The zero-order valence-electron chi connectivity index (χ0n) is 14.7. The SMILES string of the molecule is CC.CC.CCCC(O)CCCCCN1CCOCC1. The van der Waals surface area contributed by atoms with Crippen LogP contribution in [0.3, 0.4) is 0 Å². The molecule has 0 aromatic heterocycles. The van der Waals surface area contributed by atoms with Crippen molar-refractivity contribution >= 4 is 0 Å². The third kappa shape index (κ3) is 14.3. The van der Waals surface area contributed by atoms with E-state index < -0.39 is 0 Å². The van der Waals surface area contributed by atoms with Crippen molar-refractivity contribution in [2.24, 2.45) is 0 Å². The lowest BCUT2D eigenvalue weighted by atomic mass is 10.1. The molecule has 3 heteroatoms. The van der Waals surface area contributed by atoms with E-state index in [0.717, 1.165) is 45.6 Å². The van der Waals surface area contributed by atoms with Crippen molar-refractivity contribution in [1.82, 2.24) is 4.90 Å². The van der Waals surface area contributed by atoms with Crippen LogP contribution in [0.15, 0.2) is 0 Å². The summed E-state index contributed by atoms with van der Waals surface area (Å²) in [7, 11) is 0. The number of unbranched alkanes of at least 4 members (excludes halogenated alkanes) is 2. The topological polar surface area (TPSA) is 32.7 Å². The molecule has 1 aliphatic heterocycles. The first-order chi connectivity index (χ1) is 9.83. The third-order valence-electron chi connectivity index (χ3n) is 3.24. The van der Waals surface area contributed by atoms with E-state index in [-0.39, 0.29) is 6.10 Å². The van der Waals surface area contributed by atoms with Gasteiger partial charge in [0.2, 0.25) is 0 Å². The molecule has 0 spiro atoms. The van der Waals surface area contributed by atoms with Crippen molar-refractivity contribution in [3.63, 3.8) is 0 Å². The van der Waals surface area contributed by atoms with Gasteiger partial charge >= 0.3 is 0 Å². The Morgan fingerprint density at radius 1 is 0.950 bits per heavy atom. The quantitative estimate of drug-likeness (QED) is 0.683. The van der Waals surface area contributed by atoms with E-state index >= 15 is 0 Å². The predicted octanol–water partition coefficient (Wildman–Crippen LogP) is 4.09. The molecule has 1 aliphatic rings. The van der Waals surface area contributed by atoms with Gasteiger partial charge < -0.3 is 9.84 Å². The lowest BCUT2D eigenvalue weighted by Crippen LogP contribution is -2.36. The second-order valence-electron chi connectivity index (χ2n) is 4.75. The lowest BCUT2D eigenvalue weighted by molar-refractivity contribution is 0.0370. The van der Waals surface area contributed by atoms with Gasteiger partial charge in [0.25, 0.3) is 0 Å². The van der Waals surface area contributed by atoms with Gasteiger partial charge in [-0.15, -0.1) is 0 Å². The van der Waals surface area contributed by atoms with E-state index in [9.17, 15) is 5.11 Å². The van der Waals surface area contributed by atoms with Gasteiger partial charge in [-0.2, -0.15) is 0 Å². The van der Waals surface area contributed by atoms with Crippen molar-refractivity contribution in [2.45, 2.75) is 79.2 Å². The first-order valence-electron chi connectivity index (χ1n) is 8.81. The van der Waals surface area contributed by atoms with Crippen LogP contribution in [0.4, 0.5) is 0 Å². The molecule has 1 saturated heterocycles. The van der Waals surface area contributed by atoms with Crippen LogP contribution in [0.1, 0.15) is 73.1 Å². The molecule has 124 valence electrons. The van der Waals surface area contributed by atoms with E-state index in [1.165, 1.54) is 25.8 Å². The van der Waals surface area contributed by atoms with Gasteiger partial charge in [0.1, 0.15) is 0 Å². The Labute approximate surface area is 127 Å². The zero-order chi connectivity index (χ0) is 15.6. The van der Waals surface area contributed by atoms with Crippen molar-refractivity contribution in [1.29, 1.82) is 0 Å². The molecule has 20 heavy (non-hydrogen) atoms. The third-order valence-corrected chi connectivity index (χ3v) is 3.24. The molecule has 0 aliphatic carbocycles. The summed E-state index contributed by atoms with van der Waals surface area (Å²) in [4.78, 5) is 2.48. The van der Waals surface area contributed by atoms with Crippen LogP contribution >= 0.6 is 0 Å². The number of hydrogen-bond donors (Lipinski definition) is 1. The van der Waals surface area contributed by atoms with Crippen molar-refractivity contribution in [3.05, 3.63) is 0 Å². The van der Waals surface area contributed by atoms with Crippen molar-refractivity contribution in [2.75, 3.05) is 32.8 Å². The molecular weight excluding hydrogens is 250 g/mol. The second-order valence-corrected chi connectivity index (χ2v) is 4.75. The van der Waals surface area contributed by atoms with Crippen LogP contribution in [0.5, 0.6) is 0 Å². The van der Waals surface area contributed by atoms with E-state index in [4.69, 9.17) is 4.74 Å². The maximum absolute atomic E-state index is 9.57. The number of ether oxygens (including phenoxy) is 1. The highest BCUT2D eigenvalue weighted by atomic mass is 16.5. The number of aliphatic hydroxyl groups is 1. The summed E-state index contributed by atoms with van der Waals surface area (Å²) >= 11 is 0. The molecule has 1 unspecified atom stereocenters. The first-order valence-corrected chi connectivity index (χ1v) is 8.81. The number of aliphatic hydroxyl groups excluding tert-OH is 1. The average Bonchev–Trinajstić information content (AvgIpc) is 2.52. The van der Waals surface area contributed by atoms with Gasteiger partial charge in [0.05, 0.1) is 19.3 Å². The first kappa shape index (κ1) is 22.2. The smallest absolute Gasteiger partial charge is 0.0594 e. The van der Waals surface area contributed by atoms with E-state index in [1.54, 1.807) is 0 Å². The van der Waals surface area contributed by atoms with Crippen LogP contribution < -0.4 is 0 Å². The largest absolute Gasteiger partial charge is 0.393 e.